The normalized spacial score (nSPS) is 11.1. The van der Waals surface area contributed by atoms with Gasteiger partial charge in [-0.15, -0.1) is 11.3 Å². The van der Waals surface area contributed by atoms with Crippen LogP contribution >= 0.6 is 22.9 Å². The average molecular weight is 438 g/mol. The zero-order chi connectivity index (χ0) is 20.1. The molecule has 0 unspecified atom stereocenters. The number of halogens is 1. The molecule has 1 heterocycles. The second kappa shape index (κ2) is 8.59. The van der Waals surface area contributed by atoms with Crippen molar-refractivity contribution in [1.29, 1.82) is 0 Å². The Morgan fingerprint density at radius 2 is 1.96 bits per heavy atom. The maximum Gasteiger partial charge on any atom is 0.263 e. The number of anilines is 2. The highest BCUT2D eigenvalue weighted by atomic mass is 35.5. The average Bonchev–Trinajstić information content (AvgIpc) is 3.08. The summed E-state index contributed by atoms with van der Waals surface area (Å²) >= 11 is 7.05. The number of thiazole rings is 1. The van der Waals surface area contributed by atoms with Gasteiger partial charge in [0.15, 0.2) is 5.13 Å². The van der Waals surface area contributed by atoms with Gasteiger partial charge in [-0.25, -0.2) is 13.4 Å². The summed E-state index contributed by atoms with van der Waals surface area (Å²) in [5.41, 5.74) is 0.884. The van der Waals surface area contributed by atoms with Crippen LogP contribution in [-0.2, 0) is 21.2 Å². The molecule has 0 spiro atoms. The van der Waals surface area contributed by atoms with E-state index in [1.165, 1.54) is 19.2 Å². The van der Waals surface area contributed by atoms with Crippen LogP contribution in [0.4, 0.5) is 10.8 Å². The van der Waals surface area contributed by atoms with Gasteiger partial charge in [-0.2, -0.15) is 0 Å². The Kier molecular flexibility index (Phi) is 6.18. The number of hydrogen-bond donors (Lipinski definition) is 2. The van der Waals surface area contributed by atoms with Crippen molar-refractivity contribution in [2.24, 2.45) is 0 Å². The lowest BCUT2D eigenvalue weighted by Gasteiger charge is -2.10. The smallest absolute Gasteiger partial charge is 0.263 e. The summed E-state index contributed by atoms with van der Waals surface area (Å²) < 4.78 is 32.3. The third-order valence-corrected chi connectivity index (χ3v) is 6.13. The second-order valence-electron chi connectivity index (χ2n) is 5.63. The first-order valence-corrected chi connectivity index (χ1v) is 10.8. The highest BCUT2D eigenvalue weighted by Crippen LogP contribution is 2.28. The molecule has 146 valence electrons. The van der Waals surface area contributed by atoms with Gasteiger partial charge in [0.2, 0.25) is 5.91 Å². The first-order chi connectivity index (χ1) is 13.4. The van der Waals surface area contributed by atoms with Crippen molar-refractivity contribution in [3.8, 4) is 5.75 Å². The Bertz CT molecular complexity index is 1090. The number of benzene rings is 2. The number of nitrogens with one attached hydrogen (secondary N) is 2. The molecule has 0 aliphatic rings. The molecular weight excluding hydrogens is 422 g/mol. The first kappa shape index (κ1) is 20.1. The number of sulfonamides is 1. The number of carbonyl (C=O) groups excluding carboxylic acids is 1. The molecule has 10 heteroatoms. The molecule has 0 aliphatic carbocycles. The Balaban J connectivity index is 1.66. The van der Waals surface area contributed by atoms with E-state index in [9.17, 15) is 13.2 Å². The van der Waals surface area contributed by atoms with Crippen molar-refractivity contribution in [3.05, 3.63) is 64.6 Å². The van der Waals surface area contributed by atoms with Gasteiger partial charge in [0.1, 0.15) is 5.75 Å². The summed E-state index contributed by atoms with van der Waals surface area (Å²) in [5.74, 6) is 0.149. The van der Waals surface area contributed by atoms with Crippen LogP contribution in [0.1, 0.15) is 5.69 Å². The summed E-state index contributed by atoms with van der Waals surface area (Å²) in [6.45, 7) is 0. The number of nitrogens with zero attached hydrogens (tertiary/aromatic N) is 1. The first-order valence-electron chi connectivity index (χ1n) is 8.03. The molecule has 0 aliphatic heterocycles. The number of methoxy groups -OCH3 is 1. The van der Waals surface area contributed by atoms with Crippen LogP contribution < -0.4 is 14.8 Å². The van der Waals surface area contributed by atoms with Gasteiger partial charge in [-0.3, -0.25) is 9.52 Å². The van der Waals surface area contributed by atoms with Gasteiger partial charge in [-0.05, 0) is 30.3 Å². The molecule has 0 radical (unpaired) electrons. The van der Waals surface area contributed by atoms with E-state index in [-0.39, 0.29) is 22.4 Å². The Hall–Kier alpha value is -2.62. The third kappa shape index (κ3) is 5.00. The third-order valence-electron chi connectivity index (χ3n) is 3.60. The number of hydrogen-bond acceptors (Lipinski definition) is 6. The van der Waals surface area contributed by atoms with Crippen LogP contribution in [0, 0.1) is 0 Å². The molecule has 7 nitrogen and oxygen atoms in total. The fraction of sp³-hybridized carbons (Fsp3) is 0.111. The maximum absolute atomic E-state index is 12.3. The zero-order valence-corrected chi connectivity index (χ0v) is 17.1. The minimum absolute atomic E-state index is 0.0285. The van der Waals surface area contributed by atoms with Crippen molar-refractivity contribution >= 4 is 49.7 Å². The lowest BCUT2D eigenvalue weighted by molar-refractivity contribution is -0.115. The highest BCUT2D eigenvalue weighted by molar-refractivity contribution is 7.93. The standard InChI is InChI=1S/C18H16ClN3O4S2/c1-26-16-8-7-12(19)9-15(16)21-17(23)10-13-11-27-18(20-13)22-28(24,25)14-5-3-2-4-6-14/h2-9,11H,10H2,1H3,(H,20,22)(H,21,23). The van der Waals surface area contributed by atoms with E-state index >= 15 is 0 Å². The predicted octanol–water partition coefficient (Wildman–Crippen LogP) is 3.79. The van der Waals surface area contributed by atoms with Crippen LogP contribution in [0.3, 0.4) is 0 Å². The maximum atomic E-state index is 12.3. The molecule has 0 fully saturated rings. The molecule has 0 saturated carbocycles. The molecule has 2 N–H and O–H groups in total. The van der Waals surface area contributed by atoms with Gasteiger partial charge in [-0.1, -0.05) is 29.8 Å². The monoisotopic (exact) mass is 437 g/mol. The Labute approximate surface area is 171 Å². The largest absolute Gasteiger partial charge is 0.495 e. The van der Waals surface area contributed by atoms with E-state index in [1.807, 2.05) is 0 Å². The van der Waals surface area contributed by atoms with E-state index in [1.54, 1.807) is 41.8 Å². The van der Waals surface area contributed by atoms with Crippen molar-refractivity contribution in [3.63, 3.8) is 0 Å². The number of carbonyl (C=O) groups is 1. The number of ether oxygens (including phenoxy) is 1. The summed E-state index contributed by atoms with van der Waals surface area (Å²) in [4.78, 5) is 16.6. The minimum atomic E-state index is -3.72. The molecule has 3 aromatic rings. The molecule has 0 atom stereocenters. The summed E-state index contributed by atoms with van der Waals surface area (Å²) in [5, 5.41) is 4.98. The van der Waals surface area contributed by atoms with E-state index in [2.05, 4.69) is 15.0 Å². The van der Waals surface area contributed by atoms with E-state index in [4.69, 9.17) is 16.3 Å². The fourth-order valence-corrected chi connectivity index (χ4v) is 4.50. The number of amides is 1. The van der Waals surface area contributed by atoms with Crippen molar-refractivity contribution in [2.45, 2.75) is 11.3 Å². The molecule has 0 bridgehead atoms. The lowest BCUT2D eigenvalue weighted by atomic mass is 10.2. The van der Waals surface area contributed by atoms with Gasteiger partial charge in [0.05, 0.1) is 29.8 Å². The molecule has 28 heavy (non-hydrogen) atoms. The SMILES string of the molecule is COc1ccc(Cl)cc1NC(=O)Cc1csc(NS(=O)(=O)c2ccccc2)n1. The zero-order valence-electron chi connectivity index (χ0n) is 14.7. The fourth-order valence-electron chi connectivity index (χ4n) is 2.35. The summed E-state index contributed by atoms with van der Waals surface area (Å²) in [7, 11) is -2.23. The molecule has 0 saturated heterocycles. The van der Waals surface area contributed by atoms with Crippen molar-refractivity contribution in [1.82, 2.24) is 4.98 Å². The van der Waals surface area contributed by atoms with Gasteiger partial charge in [0, 0.05) is 10.4 Å². The van der Waals surface area contributed by atoms with Crippen LogP contribution in [0.15, 0.2) is 58.8 Å². The van der Waals surface area contributed by atoms with Crippen LogP contribution in [0.5, 0.6) is 5.75 Å². The quantitative estimate of drug-likeness (QED) is 0.586. The van der Waals surface area contributed by atoms with Crippen LogP contribution in [0.25, 0.3) is 0 Å². The number of rotatable bonds is 7. The van der Waals surface area contributed by atoms with Crippen molar-refractivity contribution in [2.75, 3.05) is 17.1 Å². The van der Waals surface area contributed by atoms with Crippen molar-refractivity contribution < 1.29 is 17.9 Å². The highest BCUT2D eigenvalue weighted by Gasteiger charge is 2.17. The second-order valence-corrected chi connectivity index (χ2v) is 8.61. The lowest BCUT2D eigenvalue weighted by Crippen LogP contribution is -2.16. The van der Waals surface area contributed by atoms with E-state index in [0.29, 0.717) is 22.2 Å². The van der Waals surface area contributed by atoms with Gasteiger partial charge >= 0.3 is 0 Å². The number of aromatic nitrogens is 1. The van der Waals surface area contributed by atoms with E-state index < -0.39 is 10.0 Å². The van der Waals surface area contributed by atoms with Gasteiger partial charge < -0.3 is 10.1 Å². The Morgan fingerprint density at radius 3 is 2.68 bits per heavy atom. The summed E-state index contributed by atoms with van der Waals surface area (Å²) in [6, 6.07) is 12.9. The molecule has 2 aromatic carbocycles. The molecule has 1 amide bonds. The van der Waals surface area contributed by atoms with Crippen LogP contribution in [-0.4, -0.2) is 26.4 Å². The van der Waals surface area contributed by atoms with Crippen LogP contribution in [0.2, 0.25) is 5.02 Å². The topological polar surface area (TPSA) is 97.4 Å². The Morgan fingerprint density at radius 1 is 1.21 bits per heavy atom. The van der Waals surface area contributed by atoms with E-state index in [0.717, 1.165) is 11.3 Å². The minimum Gasteiger partial charge on any atom is -0.495 e. The molecule has 1 aromatic heterocycles. The summed E-state index contributed by atoms with van der Waals surface area (Å²) in [6.07, 6.45) is -0.0285. The molecule has 3 rings (SSSR count). The van der Waals surface area contributed by atoms with Gasteiger partial charge in [0.25, 0.3) is 10.0 Å². The predicted molar refractivity (Wildman–Crippen MR) is 110 cm³/mol. The molecular formula is C18H16ClN3O4S2.